The van der Waals surface area contributed by atoms with E-state index in [0.29, 0.717) is 36.1 Å². The molecule has 1 atom stereocenters. The maximum atomic E-state index is 12.0. The molecule has 2 aromatic heterocycles. The summed E-state index contributed by atoms with van der Waals surface area (Å²) in [7, 11) is 0. The fraction of sp³-hybridized carbons (Fsp3) is 0.500. The average molecular weight is 349 g/mol. The quantitative estimate of drug-likeness (QED) is 0.585. The van der Waals surface area contributed by atoms with E-state index < -0.39 is 12.1 Å². The summed E-state index contributed by atoms with van der Waals surface area (Å²) in [5.74, 6) is 0.981. The highest BCUT2D eigenvalue weighted by molar-refractivity contribution is 7.99. The molecule has 0 amide bonds. The van der Waals surface area contributed by atoms with Crippen molar-refractivity contribution in [3.63, 3.8) is 0 Å². The van der Waals surface area contributed by atoms with Gasteiger partial charge in [0.15, 0.2) is 28.6 Å². The van der Waals surface area contributed by atoms with Gasteiger partial charge in [0.05, 0.1) is 12.0 Å². The van der Waals surface area contributed by atoms with E-state index in [2.05, 4.69) is 10.2 Å². The predicted octanol–water partition coefficient (Wildman–Crippen LogP) is 2.71. The molecule has 0 radical (unpaired) electrons. The lowest BCUT2D eigenvalue weighted by atomic mass is 9.96. The number of esters is 1. The number of aromatic nitrogens is 3. The number of thioether (sulfide) groups is 1. The lowest BCUT2D eigenvalue weighted by Gasteiger charge is -2.20. The van der Waals surface area contributed by atoms with E-state index in [1.54, 1.807) is 12.3 Å². The van der Waals surface area contributed by atoms with E-state index in [9.17, 15) is 9.59 Å². The topological polar surface area (TPSA) is 87.2 Å². The van der Waals surface area contributed by atoms with E-state index >= 15 is 0 Å². The van der Waals surface area contributed by atoms with E-state index in [1.165, 1.54) is 11.8 Å². The molecule has 8 heteroatoms. The lowest BCUT2D eigenvalue weighted by molar-refractivity contribution is -0.154. The van der Waals surface area contributed by atoms with Crippen LogP contribution >= 0.6 is 11.8 Å². The predicted molar refractivity (Wildman–Crippen MR) is 87.5 cm³/mol. The van der Waals surface area contributed by atoms with Gasteiger partial charge in [-0.3, -0.25) is 14.2 Å². The normalized spacial score (nSPS) is 17.9. The van der Waals surface area contributed by atoms with E-state index in [-0.39, 0.29) is 11.5 Å². The first-order valence-electron chi connectivity index (χ1n) is 8.01. The number of Topliss-reactive ketones (excluding diaryl/α,β-unsaturated/α-hetero) is 1. The van der Waals surface area contributed by atoms with Gasteiger partial charge >= 0.3 is 5.97 Å². The molecular formula is C16H19N3O4S. The van der Waals surface area contributed by atoms with Crippen LogP contribution in [0.25, 0.3) is 11.6 Å². The number of furan rings is 1. The minimum Gasteiger partial charge on any atom is -0.461 e. The zero-order valence-corrected chi connectivity index (χ0v) is 14.3. The Morgan fingerprint density at radius 2 is 2.33 bits per heavy atom. The number of ketones is 1. The molecule has 7 nitrogen and oxygen atoms in total. The summed E-state index contributed by atoms with van der Waals surface area (Å²) in [6, 6.07) is 3.60. The van der Waals surface area contributed by atoms with Gasteiger partial charge in [-0.25, -0.2) is 0 Å². The fourth-order valence-corrected chi connectivity index (χ4v) is 3.45. The molecule has 2 aromatic rings. The molecule has 0 spiro atoms. The van der Waals surface area contributed by atoms with Crippen LogP contribution in [-0.2, 0) is 20.9 Å². The molecular weight excluding hydrogens is 330 g/mol. The van der Waals surface area contributed by atoms with Crippen LogP contribution in [0.5, 0.6) is 0 Å². The molecule has 0 aliphatic heterocycles. The second-order valence-electron chi connectivity index (χ2n) is 5.51. The standard InChI is InChI=1S/C16H19N3O4S/c1-2-19-15(13-8-5-9-22-13)17-18-16(19)24-10-14(21)23-12-7-4-3-6-11(12)20/h5,8-9,12H,2-4,6-7,10H2,1H3/t12-/m0/s1. The van der Waals surface area contributed by atoms with Crippen molar-refractivity contribution in [2.45, 2.75) is 50.4 Å². The second kappa shape index (κ2) is 7.65. The van der Waals surface area contributed by atoms with E-state index in [1.807, 2.05) is 17.6 Å². The Morgan fingerprint density at radius 3 is 3.04 bits per heavy atom. The molecule has 1 fully saturated rings. The number of ether oxygens (including phenoxy) is 1. The van der Waals surface area contributed by atoms with Crippen LogP contribution in [0.2, 0.25) is 0 Å². The molecule has 0 aromatic carbocycles. The highest BCUT2D eigenvalue weighted by atomic mass is 32.2. The third-order valence-corrected chi connectivity index (χ3v) is 4.81. The molecule has 2 heterocycles. The first-order valence-corrected chi connectivity index (χ1v) is 8.99. The zero-order valence-electron chi connectivity index (χ0n) is 13.4. The fourth-order valence-electron chi connectivity index (χ4n) is 2.66. The Hall–Kier alpha value is -2.09. The maximum Gasteiger partial charge on any atom is 0.317 e. The van der Waals surface area contributed by atoms with Gasteiger partial charge in [-0.15, -0.1) is 10.2 Å². The second-order valence-corrected chi connectivity index (χ2v) is 6.45. The van der Waals surface area contributed by atoms with Crippen LogP contribution in [0.3, 0.4) is 0 Å². The molecule has 0 N–H and O–H groups in total. The van der Waals surface area contributed by atoms with Crippen molar-refractivity contribution in [3.05, 3.63) is 18.4 Å². The van der Waals surface area contributed by atoms with Crippen LogP contribution in [0.1, 0.15) is 32.6 Å². The van der Waals surface area contributed by atoms with E-state index in [4.69, 9.17) is 9.15 Å². The van der Waals surface area contributed by atoms with Crippen LogP contribution < -0.4 is 0 Å². The van der Waals surface area contributed by atoms with Crippen LogP contribution in [0.15, 0.2) is 28.0 Å². The molecule has 1 aliphatic carbocycles. The summed E-state index contributed by atoms with van der Waals surface area (Å²) in [5.41, 5.74) is 0. The largest absolute Gasteiger partial charge is 0.461 e. The van der Waals surface area contributed by atoms with Crippen molar-refractivity contribution in [2.24, 2.45) is 0 Å². The van der Waals surface area contributed by atoms with Gasteiger partial charge in [0.2, 0.25) is 0 Å². The minimum atomic E-state index is -0.574. The molecule has 0 unspecified atom stereocenters. The molecule has 0 bridgehead atoms. The summed E-state index contributed by atoms with van der Waals surface area (Å²) in [6.45, 7) is 2.63. The van der Waals surface area contributed by atoms with Crippen molar-refractivity contribution in [3.8, 4) is 11.6 Å². The van der Waals surface area contributed by atoms with Crippen molar-refractivity contribution >= 4 is 23.5 Å². The Balaban J connectivity index is 1.60. The van der Waals surface area contributed by atoms with Crippen molar-refractivity contribution in [1.29, 1.82) is 0 Å². The van der Waals surface area contributed by atoms with Gasteiger partial charge < -0.3 is 9.15 Å². The van der Waals surface area contributed by atoms with Gasteiger partial charge in [-0.2, -0.15) is 0 Å². The summed E-state index contributed by atoms with van der Waals surface area (Å²) >= 11 is 1.25. The highest BCUT2D eigenvalue weighted by Gasteiger charge is 2.26. The number of hydrogen-bond acceptors (Lipinski definition) is 7. The van der Waals surface area contributed by atoms with Crippen molar-refractivity contribution in [2.75, 3.05) is 5.75 Å². The Morgan fingerprint density at radius 1 is 1.46 bits per heavy atom. The van der Waals surface area contributed by atoms with Gasteiger partial charge in [0, 0.05) is 13.0 Å². The maximum absolute atomic E-state index is 12.0. The van der Waals surface area contributed by atoms with Crippen molar-refractivity contribution < 1.29 is 18.7 Å². The van der Waals surface area contributed by atoms with Crippen LogP contribution in [0, 0.1) is 0 Å². The Bertz CT molecular complexity index is 711. The van der Waals surface area contributed by atoms with E-state index in [0.717, 1.165) is 12.8 Å². The molecule has 1 saturated carbocycles. The first kappa shape index (κ1) is 16.8. The Kier molecular flexibility index (Phi) is 5.34. The molecule has 1 aliphatic rings. The minimum absolute atomic E-state index is 0.0245. The third kappa shape index (κ3) is 3.69. The van der Waals surface area contributed by atoms with Crippen LogP contribution in [-0.4, -0.2) is 38.4 Å². The number of rotatable bonds is 6. The van der Waals surface area contributed by atoms with Crippen LogP contribution in [0.4, 0.5) is 0 Å². The summed E-state index contributed by atoms with van der Waals surface area (Å²) < 4.78 is 12.5. The highest BCUT2D eigenvalue weighted by Crippen LogP contribution is 2.25. The molecule has 128 valence electrons. The SMILES string of the molecule is CCn1c(SCC(=O)O[C@H]2CCCCC2=O)nnc1-c1ccco1. The molecule has 0 saturated heterocycles. The number of nitrogens with zero attached hydrogens (tertiary/aromatic N) is 3. The van der Waals surface area contributed by atoms with Gasteiger partial charge in [-0.1, -0.05) is 11.8 Å². The molecule has 24 heavy (non-hydrogen) atoms. The number of hydrogen-bond donors (Lipinski definition) is 0. The van der Waals surface area contributed by atoms with Gasteiger partial charge in [-0.05, 0) is 38.3 Å². The smallest absolute Gasteiger partial charge is 0.317 e. The zero-order chi connectivity index (χ0) is 16.9. The average Bonchev–Trinajstić information content (AvgIpc) is 3.23. The monoisotopic (exact) mass is 349 g/mol. The van der Waals surface area contributed by atoms with Gasteiger partial charge in [0.1, 0.15) is 0 Å². The summed E-state index contributed by atoms with van der Waals surface area (Å²) in [6.07, 6.45) is 3.94. The number of carbonyl (C=O) groups excluding carboxylic acids is 2. The summed E-state index contributed by atoms with van der Waals surface area (Å²) in [5, 5.41) is 8.87. The number of carbonyl (C=O) groups is 2. The summed E-state index contributed by atoms with van der Waals surface area (Å²) in [4.78, 5) is 23.7. The first-order chi connectivity index (χ1) is 11.7. The Labute approximate surface area is 143 Å². The molecule has 3 rings (SSSR count). The van der Waals surface area contributed by atoms with Gasteiger partial charge in [0.25, 0.3) is 0 Å². The van der Waals surface area contributed by atoms with Crippen molar-refractivity contribution in [1.82, 2.24) is 14.8 Å². The lowest BCUT2D eigenvalue weighted by Crippen LogP contribution is -2.30. The third-order valence-electron chi connectivity index (χ3n) is 3.87.